The Labute approximate surface area is 153 Å². The van der Waals surface area contributed by atoms with Crippen LogP contribution in [-0.2, 0) is 16.6 Å². The number of carbonyl (C=O) groups is 1. The number of ketones is 1. The third-order valence-corrected chi connectivity index (χ3v) is 8.54. The van der Waals surface area contributed by atoms with Gasteiger partial charge in [0.15, 0.2) is 23.4 Å². The van der Waals surface area contributed by atoms with Gasteiger partial charge >= 0.3 is 0 Å². The van der Waals surface area contributed by atoms with E-state index in [4.69, 9.17) is 4.74 Å². The summed E-state index contributed by atoms with van der Waals surface area (Å²) in [7, 11) is 0. The predicted molar refractivity (Wildman–Crippen MR) is 95.3 cm³/mol. The lowest BCUT2D eigenvalue weighted by atomic mass is 9.26. The Morgan fingerprint density at radius 1 is 1.31 bits per heavy atom. The van der Waals surface area contributed by atoms with Crippen LogP contribution in [0.4, 0.5) is 0 Å². The van der Waals surface area contributed by atoms with Crippen molar-refractivity contribution >= 4 is 5.78 Å². The molecule has 138 valence electrons. The lowest BCUT2D eigenvalue weighted by Gasteiger charge is -2.79. The fourth-order valence-electron chi connectivity index (χ4n) is 7.23. The fraction of sp³-hybridized carbons (Fsp3) is 0.682. The van der Waals surface area contributed by atoms with Gasteiger partial charge in [-0.3, -0.25) is 4.79 Å². The quantitative estimate of drug-likeness (QED) is 0.852. The highest BCUT2D eigenvalue weighted by molar-refractivity contribution is 5.89. The molecule has 1 aliphatic heterocycles. The highest BCUT2D eigenvalue weighted by Crippen LogP contribution is 2.81. The minimum Gasteiger partial charge on any atom is -0.504 e. The maximum atomic E-state index is 12.8. The number of phenolic OH excluding ortho intramolecular Hbond substituents is 1. The molecule has 2 N–H and O–H groups in total. The molecule has 1 aromatic carbocycles. The van der Waals surface area contributed by atoms with Gasteiger partial charge in [-0.2, -0.15) is 0 Å². The Morgan fingerprint density at radius 3 is 2.81 bits per heavy atom. The Bertz CT molecular complexity index is 843. The van der Waals surface area contributed by atoms with Crippen molar-refractivity contribution in [2.45, 2.75) is 75.4 Å². The molecule has 0 bridgehead atoms. The zero-order valence-corrected chi connectivity index (χ0v) is 15.3. The number of Topliss-reactive ketones (excluding diaryl/α,β-unsaturated/α-hetero) is 1. The Balaban J connectivity index is 1.53. The smallest absolute Gasteiger partial charge is 0.174 e. The van der Waals surface area contributed by atoms with Gasteiger partial charge in [-0.05, 0) is 55.6 Å². The van der Waals surface area contributed by atoms with Crippen LogP contribution in [0.2, 0.25) is 0 Å². The van der Waals surface area contributed by atoms with Crippen LogP contribution in [-0.4, -0.2) is 27.7 Å². The monoisotopic (exact) mass is 354 g/mol. The molecule has 5 atom stereocenters. The summed E-state index contributed by atoms with van der Waals surface area (Å²) in [4.78, 5) is 12.8. The van der Waals surface area contributed by atoms with Gasteiger partial charge in [0.1, 0.15) is 0 Å². The number of aromatic hydroxyl groups is 1. The summed E-state index contributed by atoms with van der Waals surface area (Å²) >= 11 is 0. The van der Waals surface area contributed by atoms with Crippen molar-refractivity contribution in [2.24, 2.45) is 17.3 Å². The lowest BCUT2D eigenvalue weighted by Crippen LogP contribution is -2.86. The summed E-state index contributed by atoms with van der Waals surface area (Å²) in [5.41, 5.74) is 0.553. The van der Waals surface area contributed by atoms with Crippen LogP contribution < -0.4 is 4.74 Å². The van der Waals surface area contributed by atoms with Crippen molar-refractivity contribution in [1.29, 1.82) is 0 Å². The Morgan fingerprint density at radius 2 is 2.12 bits per heavy atom. The first-order valence-electron chi connectivity index (χ1n) is 10.2. The molecule has 26 heavy (non-hydrogen) atoms. The minimum atomic E-state index is -0.837. The molecule has 4 nitrogen and oxygen atoms in total. The second-order valence-corrected chi connectivity index (χ2v) is 9.55. The van der Waals surface area contributed by atoms with Gasteiger partial charge < -0.3 is 14.9 Å². The SMILES string of the molecule is CCC(=O)[C@@H]1Oc2c(O)ccc3c2[C@@]12CC1CC(CCC4CC4)(C3)[C@]12O. The van der Waals surface area contributed by atoms with Gasteiger partial charge in [-0.25, -0.2) is 0 Å². The zero-order valence-electron chi connectivity index (χ0n) is 15.3. The van der Waals surface area contributed by atoms with Gasteiger partial charge in [0, 0.05) is 17.4 Å². The highest BCUT2D eigenvalue weighted by Gasteiger charge is 2.86. The number of ether oxygens (including phenoxy) is 1. The first kappa shape index (κ1) is 15.5. The van der Waals surface area contributed by atoms with Gasteiger partial charge in [-0.15, -0.1) is 0 Å². The zero-order chi connectivity index (χ0) is 17.9. The van der Waals surface area contributed by atoms with Crippen LogP contribution in [0.15, 0.2) is 12.1 Å². The molecule has 4 heteroatoms. The predicted octanol–water partition coefficient (Wildman–Crippen LogP) is 3.26. The second kappa shape index (κ2) is 4.46. The van der Waals surface area contributed by atoms with Crippen LogP contribution in [0.3, 0.4) is 0 Å². The third-order valence-electron chi connectivity index (χ3n) is 8.54. The van der Waals surface area contributed by atoms with E-state index in [1.165, 1.54) is 24.8 Å². The van der Waals surface area contributed by atoms with Gasteiger partial charge in [0.2, 0.25) is 0 Å². The summed E-state index contributed by atoms with van der Waals surface area (Å²) in [6, 6.07) is 3.70. The first-order chi connectivity index (χ1) is 12.5. The van der Waals surface area contributed by atoms with Crippen LogP contribution in [0.1, 0.15) is 63.0 Å². The average molecular weight is 354 g/mol. The number of carbonyl (C=O) groups excluding carboxylic acids is 1. The van der Waals surface area contributed by atoms with Gasteiger partial charge in [-0.1, -0.05) is 25.8 Å². The highest BCUT2D eigenvalue weighted by atomic mass is 16.5. The summed E-state index contributed by atoms with van der Waals surface area (Å²) in [6.45, 7) is 1.86. The van der Waals surface area contributed by atoms with Gasteiger partial charge in [0.05, 0.1) is 11.0 Å². The average Bonchev–Trinajstić information content (AvgIpc) is 3.38. The first-order valence-corrected chi connectivity index (χ1v) is 10.2. The van der Waals surface area contributed by atoms with Crippen molar-refractivity contribution in [3.05, 3.63) is 23.3 Å². The van der Waals surface area contributed by atoms with E-state index in [1.807, 2.05) is 13.0 Å². The maximum Gasteiger partial charge on any atom is 0.174 e. The van der Waals surface area contributed by atoms with E-state index in [0.29, 0.717) is 12.2 Å². The molecular formula is C22H26O4. The topological polar surface area (TPSA) is 66.8 Å². The van der Waals surface area contributed by atoms with E-state index in [1.54, 1.807) is 6.07 Å². The molecule has 1 heterocycles. The van der Waals surface area contributed by atoms with Crippen LogP contribution >= 0.6 is 0 Å². The van der Waals surface area contributed by atoms with E-state index < -0.39 is 17.1 Å². The molecule has 4 aliphatic carbocycles. The molecule has 3 fully saturated rings. The van der Waals surface area contributed by atoms with E-state index in [9.17, 15) is 15.0 Å². The van der Waals surface area contributed by atoms with Crippen molar-refractivity contribution in [3.8, 4) is 11.5 Å². The van der Waals surface area contributed by atoms with Crippen molar-refractivity contribution in [1.82, 2.24) is 0 Å². The molecule has 1 aromatic rings. The van der Waals surface area contributed by atoms with Crippen LogP contribution in [0.5, 0.6) is 11.5 Å². The van der Waals surface area contributed by atoms with E-state index >= 15 is 0 Å². The number of benzene rings is 1. The summed E-state index contributed by atoms with van der Waals surface area (Å²) in [5.74, 6) is 1.73. The lowest BCUT2D eigenvalue weighted by molar-refractivity contribution is -0.342. The molecule has 5 aliphatic rings. The van der Waals surface area contributed by atoms with Crippen LogP contribution in [0, 0.1) is 17.3 Å². The normalized spacial score (nSPS) is 43.6. The van der Waals surface area contributed by atoms with E-state index in [-0.39, 0.29) is 22.9 Å². The molecule has 6 rings (SSSR count). The van der Waals surface area contributed by atoms with Gasteiger partial charge in [0.25, 0.3) is 0 Å². The molecule has 0 radical (unpaired) electrons. The fourth-order valence-corrected chi connectivity index (χ4v) is 7.23. The summed E-state index contributed by atoms with van der Waals surface area (Å²) < 4.78 is 6.10. The summed E-state index contributed by atoms with van der Waals surface area (Å²) in [6.07, 6.45) is 7.40. The van der Waals surface area contributed by atoms with E-state index in [0.717, 1.165) is 37.2 Å². The molecule has 2 unspecified atom stereocenters. The van der Waals surface area contributed by atoms with Crippen molar-refractivity contribution in [2.75, 3.05) is 0 Å². The largest absolute Gasteiger partial charge is 0.504 e. The number of hydrogen-bond acceptors (Lipinski definition) is 4. The maximum absolute atomic E-state index is 12.8. The van der Waals surface area contributed by atoms with Crippen molar-refractivity contribution < 1.29 is 19.7 Å². The molecule has 3 saturated carbocycles. The molecular weight excluding hydrogens is 328 g/mol. The van der Waals surface area contributed by atoms with Crippen molar-refractivity contribution in [3.63, 3.8) is 0 Å². The number of hydrogen-bond donors (Lipinski definition) is 2. The number of rotatable bonds is 5. The number of phenols is 1. The third kappa shape index (κ3) is 1.41. The standard InChI is InChI=1S/C22H26O4/c1-2-15(23)19-21-11-14-10-20(22(14,21)25,8-7-12-3-4-12)9-13-5-6-16(24)18(26-19)17(13)21/h5-6,12,14,19,24-25H,2-4,7-11H2,1H3/t14?,19-,20?,21-,22+/m0/s1. The molecule has 0 saturated heterocycles. The minimum absolute atomic E-state index is 0.0447. The second-order valence-electron chi connectivity index (χ2n) is 9.55. The molecule has 1 spiro atoms. The molecule has 0 amide bonds. The number of aliphatic hydroxyl groups is 1. The van der Waals surface area contributed by atoms with Crippen LogP contribution in [0.25, 0.3) is 0 Å². The Hall–Kier alpha value is -1.55. The molecule has 0 aromatic heterocycles. The van der Waals surface area contributed by atoms with E-state index in [2.05, 4.69) is 0 Å². The Kier molecular flexibility index (Phi) is 2.66. The summed E-state index contributed by atoms with van der Waals surface area (Å²) in [5, 5.41) is 22.4.